The maximum Gasteiger partial charge on any atom is 0.157 e. The minimum Gasteiger partial charge on any atom is -0.241 e. The molecule has 0 amide bonds. The molecule has 0 unspecified atom stereocenters. The van der Waals surface area contributed by atoms with Gasteiger partial charge in [-0.25, -0.2) is 4.98 Å². The lowest BCUT2D eigenvalue weighted by atomic mass is 10.2. The first kappa shape index (κ1) is 6.11. The third-order valence-corrected chi connectivity index (χ3v) is 2.04. The lowest BCUT2D eigenvalue weighted by Crippen LogP contribution is -1.96. The molecule has 0 saturated heterocycles. The third-order valence-electron chi connectivity index (χ3n) is 0.757. The van der Waals surface area contributed by atoms with E-state index >= 15 is 0 Å². The molecule has 0 atom stereocenters. The fraction of sp³-hybridized carbons (Fsp3) is 0.250. The fourth-order valence-electron chi connectivity index (χ4n) is 0.397. The van der Waals surface area contributed by atoms with Crippen molar-refractivity contribution in [2.45, 2.75) is 6.92 Å². The first-order chi connectivity index (χ1) is 3.70. The quantitative estimate of drug-likeness (QED) is 0.492. The van der Waals surface area contributed by atoms with E-state index < -0.39 is 0 Å². The van der Waals surface area contributed by atoms with Crippen LogP contribution in [0.1, 0.15) is 4.88 Å². The largest absolute Gasteiger partial charge is 0.241 e. The van der Waals surface area contributed by atoms with Crippen LogP contribution in [0.5, 0.6) is 0 Å². The van der Waals surface area contributed by atoms with Crippen molar-refractivity contribution in [2.75, 3.05) is 0 Å². The van der Waals surface area contributed by atoms with Crippen LogP contribution in [0.25, 0.3) is 0 Å². The van der Waals surface area contributed by atoms with Gasteiger partial charge in [-0.15, -0.1) is 11.3 Å². The van der Waals surface area contributed by atoms with Crippen molar-refractivity contribution < 1.29 is 0 Å². The summed E-state index contributed by atoms with van der Waals surface area (Å²) in [4.78, 5) is 5.28. The summed E-state index contributed by atoms with van der Waals surface area (Å²) in [5, 5.41) is 0.521. The molecule has 0 spiro atoms. The number of halogens is 1. The van der Waals surface area contributed by atoms with Crippen LogP contribution >= 0.6 is 22.9 Å². The number of nitrogens with zero attached hydrogens (tertiary/aromatic N) is 1. The average Bonchev–Trinajstić information content (AvgIpc) is 1.85. The Hall–Kier alpha value is -0.0151. The molecular formula is C4H3BClNS. The molecule has 0 fully saturated rings. The van der Waals surface area contributed by atoms with Crippen molar-refractivity contribution in [3.8, 4) is 0 Å². The molecule has 0 saturated carbocycles. The highest BCUT2D eigenvalue weighted by Gasteiger charge is 1.97. The molecule has 40 valence electrons. The Morgan fingerprint density at radius 1 is 1.75 bits per heavy atom. The average molecular weight is 143 g/mol. The van der Waals surface area contributed by atoms with Gasteiger partial charge in [0.2, 0.25) is 0 Å². The predicted molar refractivity (Wildman–Crippen MR) is 37.2 cm³/mol. The molecule has 2 radical (unpaired) electrons. The zero-order valence-electron chi connectivity index (χ0n) is 4.31. The van der Waals surface area contributed by atoms with Crippen molar-refractivity contribution in [2.24, 2.45) is 0 Å². The van der Waals surface area contributed by atoms with Gasteiger partial charge in [0.15, 0.2) is 7.85 Å². The van der Waals surface area contributed by atoms with Crippen molar-refractivity contribution in [1.29, 1.82) is 0 Å². The first-order valence-electron chi connectivity index (χ1n) is 2.08. The van der Waals surface area contributed by atoms with Gasteiger partial charge in [0.25, 0.3) is 0 Å². The van der Waals surface area contributed by atoms with Crippen LogP contribution in [0, 0.1) is 6.92 Å². The Morgan fingerprint density at radius 2 is 2.38 bits per heavy atom. The molecule has 1 aromatic heterocycles. The zero-order valence-corrected chi connectivity index (χ0v) is 5.88. The van der Waals surface area contributed by atoms with E-state index in [9.17, 15) is 0 Å². The second-order valence-corrected chi connectivity index (χ2v) is 2.99. The van der Waals surface area contributed by atoms with Gasteiger partial charge < -0.3 is 0 Å². The standard InChI is InChI=1S/C4H3BClNS/c1-2-3(6)7-4(5)8-2/h1H3. The highest BCUT2D eigenvalue weighted by atomic mass is 35.5. The van der Waals surface area contributed by atoms with Crippen LogP contribution in [-0.4, -0.2) is 12.8 Å². The molecule has 1 rings (SSSR count). The van der Waals surface area contributed by atoms with Gasteiger partial charge in [-0.1, -0.05) is 11.6 Å². The van der Waals surface area contributed by atoms with Crippen LogP contribution in [0.3, 0.4) is 0 Å². The maximum absolute atomic E-state index is 5.55. The Morgan fingerprint density at radius 3 is 2.50 bits per heavy atom. The first-order valence-corrected chi connectivity index (χ1v) is 3.28. The molecule has 0 bridgehead atoms. The monoisotopic (exact) mass is 143 g/mol. The van der Waals surface area contributed by atoms with E-state index in [4.69, 9.17) is 19.4 Å². The Balaban J connectivity index is 3.14. The highest BCUT2D eigenvalue weighted by Crippen LogP contribution is 2.13. The van der Waals surface area contributed by atoms with E-state index in [0.717, 1.165) is 4.88 Å². The van der Waals surface area contributed by atoms with Crippen LogP contribution in [-0.2, 0) is 0 Å². The number of aromatic nitrogens is 1. The molecule has 0 aliphatic rings. The second kappa shape index (κ2) is 2.07. The molecule has 1 nitrogen and oxygen atoms in total. The van der Waals surface area contributed by atoms with Gasteiger partial charge in [0.1, 0.15) is 5.15 Å². The fourth-order valence-corrected chi connectivity index (χ4v) is 1.23. The SMILES string of the molecule is [B]c1nc(Cl)c(C)s1. The van der Waals surface area contributed by atoms with Crippen molar-refractivity contribution in [3.05, 3.63) is 10.0 Å². The third kappa shape index (κ3) is 1.04. The lowest BCUT2D eigenvalue weighted by molar-refractivity contribution is 1.42. The normalized spacial score (nSPS) is 9.75. The van der Waals surface area contributed by atoms with Crippen molar-refractivity contribution >= 4 is 35.7 Å². The van der Waals surface area contributed by atoms with Crippen molar-refractivity contribution in [3.63, 3.8) is 0 Å². The van der Waals surface area contributed by atoms with E-state index in [2.05, 4.69) is 4.98 Å². The van der Waals surface area contributed by atoms with E-state index in [1.807, 2.05) is 6.92 Å². The summed E-state index contributed by atoms with van der Waals surface area (Å²) in [6.07, 6.45) is 0. The topological polar surface area (TPSA) is 12.9 Å². The number of hydrogen-bond acceptors (Lipinski definition) is 2. The van der Waals surface area contributed by atoms with Gasteiger partial charge in [0, 0.05) is 9.78 Å². The summed E-state index contributed by atoms with van der Waals surface area (Å²) in [5.41, 5.74) is 0. The molecule has 0 N–H and O–H groups in total. The Bertz CT molecular complexity index is 178. The predicted octanol–water partition coefficient (Wildman–Crippen LogP) is 0.899. The summed E-state index contributed by atoms with van der Waals surface area (Å²) >= 11 is 6.95. The van der Waals surface area contributed by atoms with E-state index in [0.29, 0.717) is 10.1 Å². The number of hydrogen-bond donors (Lipinski definition) is 0. The second-order valence-electron chi connectivity index (χ2n) is 1.40. The van der Waals surface area contributed by atoms with E-state index in [1.165, 1.54) is 11.3 Å². The molecule has 1 heterocycles. The summed E-state index contributed by atoms with van der Waals surface area (Å²) in [7, 11) is 5.30. The van der Waals surface area contributed by atoms with E-state index in [-0.39, 0.29) is 0 Å². The smallest absolute Gasteiger partial charge is 0.157 e. The van der Waals surface area contributed by atoms with Gasteiger partial charge in [-0.2, -0.15) is 0 Å². The number of rotatable bonds is 0. The number of aryl methyl sites for hydroxylation is 1. The molecule has 4 heteroatoms. The molecule has 1 aromatic rings. The van der Waals surface area contributed by atoms with Crippen LogP contribution < -0.4 is 4.91 Å². The van der Waals surface area contributed by atoms with Gasteiger partial charge in [-0.05, 0) is 6.92 Å². The van der Waals surface area contributed by atoms with E-state index in [1.54, 1.807) is 0 Å². The summed E-state index contributed by atoms with van der Waals surface area (Å²) in [6, 6.07) is 0. The summed E-state index contributed by atoms with van der Waals surface area (Å²) in [6.45, 7) is 1.89. The highest BCUT2D eigenvalue weighted by molar-refractivity contribution is 7.19. The zero-order chi connectivity index (χ0) is 6.15. The lowest BCUT2D eigenvalue weighted by Gasteiger charge is -1.74. The number of thiazole rings is 1. The summed E-state index contributed by atoms with van der Waals surface area (Å²) < 4.78 is 0. The van der Waals surface area contributed by atoms with Crippen LogP contribution in [0.2, 0.25) is 5.15 Å². The molecule has 0 aromatic carbocycles. The Kier molecular flexibility index (Phi) is 1.58. The minimum absolute atomic E-state index is 0.521. The summed E-state index contributed by atoms with van der Waals surface area (Å²) in [5.74, 6) is 0. The van der Waals surface area contributed by atoms with Crippen LogP contribution in [0.15, 0.2) is 0 Å². The van der Waals surface area contributed by atoms with Gasteiger partial charge >= 0.3 is 0 Å². The van der Waals surface area contributed by atoms with Crippen molar-refractivity contribution in [1.82, 2.24) is 4.98 Å². The molecule has 0 aliphatic carbocycles. The van der Waals surface area contributed by atoms with Gasteiger partial charge in [-0.3, -0.25) is 0 Å². The van der Waals surface area contributed by atoms with Gasteiger partial charge in [0.05, 0.1) is 0 Å². The minimum atomic E-state index is 0.521. The molecule has 8 heavy (non-hydrogen) atoms. The Labute approximate surface area is 58.1 Å². The van der Waals surface area contributed by atoms with Crippen LogP contribution in [0.4, 0.5) is 0 Å². The molecule has 0 aliphatic heterocycles. The maximum atomic E-state index is 5.55. The molecular weight excluding hydrogens is 140 g/mol.